The van der Waals surface area contributed by atoms with Crippen molar-refractivity contribution in [3.63, 3.8) is 0 Å². The van der Waals surface area contributed by atoms with Crippen molar-refractivity contribution >= 4 is 11.7 Å². The van der Waals surface area contributed by atoms with E-state index < -0.39 is 11.8 Å². The van der Waals surface area contributed by atoms with E-state index in [0.717, 1.165) is 5.56 Å². The van der Waals surface area contributed by atoms with Crippen molar-refractivity contribution in [2.24, 2.45) is 0 Å². The molecule has 9 heteroatoms. The second-order valence-corrected chi connectivity index (χ2v) is 5.40. The number of aryl methyl sites for hydroxylation is 1. The van der Waals surface area contributed by atoms with Crippen LogP contribution in [0.2, 0.25) is 0 Å². The van der Waals surface area contributed by atoms with Gasteiger partial charge in [-0.1, -0.05) is 0 Å². The maximum atomic E-state index is 14.0. The summed E-state index contributed by atoms with van der Waals surface area (Å²) in [6.45, 7) is 3.51. The van der Waals surface area contributed by atoms with Crippen LogP contribution >= 0.6 is 0 Å². The van der Waals surface area contributed by atoms with Gasteiger partial charge in [-0.25, -0.2) is 9.18 Å². The van der Waals surface area contributed by atoms with Gasteiger partial charge < -0.3 is 10.6 Å². The summed E-state index contributed by atoms with van der Waals surface area (Å²) < 4.78 is 15.3. The lowest BCUT2D eigenvalue weighted by Gasteiger charge is -2.15. The van der Waals surface area contributed by atoms with E-state index in [4.69, 9.17) is 0 Å². The van der Waals surface area contributed by atoms with Crippen LogP contribution in [0.5, 0.6) is 0 Å². The number of amides is 2. The molecule has 0 bridgehead atoms. The van der Waals surface area contributed by atoms with Crippen LogP contribution in [0.15, 0.2) is 42.7 Å². The Hall–Kier alpha value is -3.36. The molecule has 25 heavy (non-hydrogen) atoms. The number of carbonyl (C=O) groups is 1. The van der Waals surface area contributed by atoms with E-state index in [-0.39, 0.29) is 11.7 Å². The predicted molar refractivity (Wildman–Crippen MR) is 88.7 cm³/mol. The summed E-state index contributed by atoms with van der Waals surface area (Å²) in [5.41, 5.74) is 1.50. The number of nitrogens with one attached hydrogen (secondary N) is 2. The molecule has 1 aromatic carbocycles. The number of halogens is 1. The third-order valence-corrected chi connectivity index (χ3v) is 3.61. The SMILES string of the molecule is Cc1nnnn1-c1cc(NC(=O)NC(C)c2ccncc2)ccc1F. The highest BCUT2D eigenvalue weighted by atomic mass is 19.1. The van der Waals surface area contributed by atoms with Crippen LogP contribution in [0.3, 0.4) is 0 Å². The Bertz CT molecular complexity index is 881. The highest BCUT2D eigenvalue weighted by molar-refractivity contribution is 5.89. The van der Waals surface area contributed by atoms with Crippen LogP contribution in [0.4, 0.5) is 14.9 Å². The molecule has 3 aromatic rings. The molecular formula is C16H16FN7O. The van der Waals surface area contributed by atoms with Crippen molar-refractivity contribution in [3.05, 3.63) is 59.9 Å². The fraction of sp³-hybridized carbons (Fsp3) is 0.188. The maximum Gasteiger partial charge on any atom is 0.319 e. The average Bonchev–Trinajstić information content (AvgIpc) is 3.03. The topological polar surface area (TPSA) is 97.6 Å². The summed E-state index contributed by atoms with van der Waals surface area (Å²) >= 11 is 0. The summed E-state index contributed by atoms with van der Waals surface area (Å²) in [6, 6.07) is 7.21. The number of tetrazole rings is 1. The lowest BCUT2D eigenvalue weighted by Crippen LogP contribution is -2.31. The lowest BCUT2D eigenvalue weighted by atomic mass is 10.1. The maximum absolute atomic E-state index is 14.0. The Morgan fingerprint density at radius 1 is 1.24 bits per heavy atom. The van der Waals surface area contributed by atoms with Gasteiger partial charge in [-0.3, -0.25) is 4.98 Å². The van der Waals surface area contributed by atoms with Crippen LogP contribution < -0.4 is 10.6 Å². The van der Waals surface area contributed by atoms with Crippen molar-refractivity contribution in [2.45, 2.75) is 19.9 Å². The quantitative estimate of drug-likeness (QED) is 0.759. The number of carbonyl (C=O) groups excluding carboxylic acids is 1. The molecule has 0 saturated heterocycles. The van der Waals surface area contributed by atoms with E-state index >= 15 is 0 Å². The number of pyridine rings is 1. The Kier molecular flexibility index (Phi) is 4.64. The smallest absolute Gasteiger partial charge is 0.319 e. The van der Waals surface area contributed by atoms with Crippen LogP contribution in [0.25, 0.3) is 5.69 Å². The highest BCUT2D eigenvalue weighted by Crippen LogP contribution is 2.19. The zero-order chi connectivity index (χ0) is 17.8. The van der Waals surface area contributed by atoms with Gasteiger partial charge in [0.15, 0.2) is 5.82 Å². The van der Waals surface area contributed by atoms with Gasteiger partial charge in [0.2, 0.25) is 0 Å². The second-order valence-electron chi connectivity index (χ2n) is 5.40. The number of anilines is 1. The highest BCUT2D eigenvalue weighted by Gasteiger charge is 2.13. The largest absolute Gasteiger partial charge is 0.331 e. The van der Waals surface area contributed by atoms with E-state index in [1.165, 1.54) is 22.9 Å². The normalized spacial score (nSPS) is 11.8. The fourth-order valence-electron chi connectivity index (χ4n) is 2.31. The lowest BCUT2D eigenvalue weighted by molar-refractivity contribution is 0.249. The summed E-state index contributed by atoms with van der Waals surface area (Å²) in [7, 11) is 0. The number of aromatic nitrogens is 5. The molecule has 0 aliphatic rings. The number of hydrogen-bond donors (Lipinski definition) is 2. The second kappa shape index (κ2) is 7.04. The summed E-state index contributed by atoms with van der Waals surface area (Å²) in [5, 5.41) is 16.4. The Morgan fingerprint density at radius 3 is 2.68 bits per heavy atom. The predicted octanol–water partition coefficient (Wildman–Crippen LogP) is 2.39. The average molecular weight is 341 g/mol. The molecule has 0 aliphatic heterocycles. The first-order chi connectivity index (χ1) is 12.0. The van der Waals surface area contributed by atoms with Crippen LogP contribution in [0.1, 0.15) is 24.4 Å². The number of rotatable bonds is 4. The van der Waals surface area contributed by atoms with Gasteiger partial charge in [0.25, 0.3) is 0 Å². The third-order valence-electron chi connectivity index (χ3n) is 3.61. The minimum Gasteiger partial charge on any atom is -0.331 e. The van der Waals surface area contributed by atoms with Gasteiger partial charge in [0, 0.05) is 18.1 Å². The molecule has 2 aromatic heterocycles. The molecule has 8 nitrogen and oxygen atoms in total. The van der Waals surface area contributed by atoms with E-state index in [0.29, 0.717) is 11.5 Å². The van der Waals surface area contributed by atoms with Crippen molar-refractivity contribution in [2.75, 3.05) is 5.32 Å². The first kappa shape index (κ1) is 16.5. The number of nitrogens with zero attached hydrogens (tertiary/aromatic N) is 5. The molecule has 0 spiro atoms. The van der Waals surface area contributed by atoms with Gasteiger partial charge in [0.05, 0.1) is 6.04 Å². The van der Waals surface area contributed by atoms with Crippen molar-refractivity contribution < 1.29 is 9.18 Å². The van der Waals surface area contributed by atoms with E-state index in [1.807, 2.05) is 19.1 Å². The molecule has 0 fully saturated rings. The zero-order valence-electron chi connectivity index (χ0n) is 13.6. The van der Waals surface area contributed by atoms with Gasteiger partial charge in [-0.2, -0.15) is 4.68 Å². The Labute approximate surface area is 143 Å². The van der Waals surface area contributed by atoms with E-state index in [2.05, 4.69) is 31.1 Å². The Morgan fingerprint density at radius 2 is 2.00 bits per heavy atom. The molecule has 0 aliphatic carbocycles. The van der Waals surface area contributed by atoms with Crippen molar-refractivity contribution in [3.8, 4) is 5.69 Å². The summed E-state index contributed by atoms with van der Waals surface area (Å²) in [6.07, 6.45) is 3.32. The monoisotopic (exact) mass is 341 g/mol. The fourth-order valence-corrected chi connectivity index (χ4v) is 2.31. The third kappa shape index (κ3) is 3.77. The molecule has 0 saturated carbocycles. The molecule has 0 radical (unpaired) electrons. The number of benzene rings is 1. The molecule has 128 valence electrons. The van der Waals surface area contributed by atoms with Gasteiger partial charge in [-0.05, 0) is 60.2 Å². The summed E-state index contributed by atoms with van der Waals surface area (Å²) in [5.74, 6) is -0.0571. The van der Waals surface area contributed by atoms with Gasteiger partial charge >= 0.3 is 6.03 Å². The van der Waals surface area contributed by atoms with Crippen molar-refractivity contribution in [1.82, 2.24) is 30.5 Å². The number of urea groups is 1. The van der Waals surface area contributed by atoms with Crippen LogP contribution in [-0.4, -0.2) is 31.2 Å². The van der Waals surface area contributed by atoms with Crippen LogP contribution in [-0.2, 0) is 0 Å². The minimum absolute atomic E-state index is 0.155. The first-order valence-electron chi connectivity index (χ1n) is 7.57. The molecule has 1 atom stereocenters. The molecule has 3 rings (SSSR count). The number of hydrogen-bond acceptors (Lipinski definition) is 5. The Balaban J connectivity index is 1.73. The van der Waals surface area contributed by atoms with Gasteiger partial charge in [-0.15, -0.1) is 5.10 Å². The molecule has 2 heterocycles. The van der Waals surface area contributed by atoms with E-state index in [9.17, 15) is 9.18 Å². The van der Waals surface area contributed by atoms with E-state index in [1.54, 1.807) is 19.3 Å². The molecule has 2 amide bonds. The van der Waals surface area contributed by atoms with Crippen LogP contribution in [0, 0.1) is 12.7 Å². The minimum atomic E-state index is -0.494. The standard InChI is InChI=1S/C16H16FN7O/c1-10(12-5-7-18-8-6-12)19-16(25)20-13-3-4-14(17)15(9-13)24-11(2)21-22-23-24/h3-10H,1-2H3,(H2,19,20,25). The molecular weight excluding hydrogens is 325 g/mol. The molecule has 2 N–H and O–H groups in total. The summed E-state index contributed by atoms with van der Waals surface area (Å²) in [4.78, 5) is 16.1. The van der Waals surface area contributed by atoms with Crippen molar-refractivity contribution in [1.29, 1.82) is 0 Å². The van der Waals surface area contributed by atoms with Gasteiger partial charge in [0.1, 0.15) is 11.5 Å². The zero-order valence-corrected chi connectivity index (χ0v) is 13.6. The first-order valence-corrected chi connectivity index (χ1v) is 7.57. The molecule has 1 unspecified atom stereocenters.